The standard InChI is InChI=1S/C20H19N3O3/c1-13-18(16-8-10-17(11-9-16)23(25)26)19(20(21)24)14(2)22(13)12-15-6-4-3-5-7-15/h3-11H,12H2,1-2H3,(H2,21,24). The van der Waals surface area contributed by atoms with Gasteiger partial charge in [0.2, 0.25) is 0 Å². The number of nitrogens with two attached hydrogens (primary N) is 1. The van der Waals surface area contributed by atoms with Crippen LogP contribution in [-0.4, -0.2) is 15.4 Å². The lowest BCUT2D eigenvalue weighted by molar-refractivity contribution is -0.384. The lowest BCUT2D eigenvalue weighted by Gasteiger charge is -2.10. The van der Waals surface area contributed by atoms with E-state index in [1.807, 2.05) is 48.7 Å². The SMILES string of the molecule is Cc1c(C(N)=O)c(-c2ccc([N+](=O)[O-])cc2)c(C)n1Cc1ccccc1. The van der Waals surface area contributed by atoms with Crippen LogP contribution in [0.15, 0.2) is 54.6 Å². The van der Waals surface area contributed by atoms with Crippen LogP contribution < -0.4 is 5.73 Å². The molecular formula is C20H19N3O3. The van der Waals surface area contributed by atoms with Gasteiger partial charge in [0.25, 0.3) is 11.6 Å². The number of non-ortho nitro benzene ring substituents is 1. The molecule has 2 N–H and O–H groups in total. The number of aromatic nitrogens is 1. The smallest absolute Gasteiger partial charge is 0.269 e. The Hall–Kier alpha value is -3.41. The second kappa shape index (κ2) is 6.84. The van der Waals surface area contributed by atoms with Gasteiger partial charge >= 0.3 is 0 Å². The van der Waals surface area contributed by atoms with Crippen LogP contribution in [0.25, 0.3) is 11.1 Å². The van der Waals surface area contributed by atoms with Crippen LogP contribution in [0.1, 0.15) is 27.3 Å². The lowest BCUT2D eigenvalue weighted by Crippen LogP contribution is -2.13. The summed E-state index contributed by atoms with van der Waals surface area (Å²) in [7, 11) is 0. The van der Waals surface area contributed by atoms with E-state index in [9.17, 15) is 14.9 Å². The number of hydrogen-bond acceptors (Lipinski definition) is 3. The molecule has 1 amide bonds. The molecule has 132 valence electrons. The first kappa shape index (κ1) is 17.4. The molecule has 0 spiro atoms. The first-order valence-electron chi connectivity index (χ1n) is 8.18. The fraction of sp³-hybridized carbons (Fsp3) is 0.150. The highest BCUT2D eigenvalue weighted by molar-refractivity contribution is 6.02. The maximum absolute atomic E-state index is 12.1. The zero-order valence-corrected chi connectivity index (χ0v) is 14.6. The van der Waals surface area contributed by atoms with Crippen molar-refractivity contribution in [1.29, 1.82) is 0 Å². The van der Waals surface area contributed by atoms with E-state index < -0.39 is 10.8 Å². The normalized spacial score (nSPS) is 10.7. The Balaban J connectivity index is 2.14. The summed E-state index contributed by atoms with van der Waals surface area (Å²) in [6.07, 6.45) is 0. The Morgan fingerprint density at radius 3 is 2.19 bits per heavy atom. The van der Waals surface area contributed by atoms with E-state index in [0.29, 0.717) is 12.1 Å². The molecule has 3 rings (SSSR count). The Bertz CT molecular complexity index is 974. The maximum atomic E-state index is 12.1. The van der Waals surface area contributed by atoms with Gasteiger partial charge in [-0.15, -0.1) is 0 Å². The molecule has 0 saturated heterocycles. The number of amides is 1. The number of rotatable bonds is 5. The molecule has 1 heterocycles. The average Bonchev–Trinajstić information content (AvgIpc) is 2.87. The van der Waals surface area contributed by atoms with Gasteiger partial charge in [-0.2, -0.15) is 0 Å². The lowest BCUT2D eigenvalue weighted by atomic mass is 10.00. The topological polar surface area (TPSA) is 91.2 Å². The van der Waals surface area contributed by atoms with Gasteiger partial charge in [-0.25, -0.2) is 0 Å². The Morgan fingerprint density at radius 1 is 1.04 bits per heavy atom. The average molecular weight is 349 g/mol. The van der Waals surface area contributed by atoms with Crippen molar-refractivity contribution in [2.45, 2.75) is 20.4 Å². The number of primary amides is 1. The van der Waals surface area contributed by atoms with Gasteiger partial charge in [-0.05, 0) is 37.1 Å². The monoisotopic (exact) mass is 349 g/mol. The van der Waals surface area contributed by atoms with Gasteiger partial charge in [-0.1, -0.05) is 30.3 Å². The van der Waals surface area contributed by atoms with E-state index in [0.717, 1.165) is 28.1 Å². The molecular weight excluding hydrogens is 330 g/mol. The van der Waals surface area contributed by atoms with E-state index in [2.05, 4.69) is 0 Å². The molecule has 6 heteroatoms. The predicted octanol–water partition coefficient (Wildman–Crippen LogP) is 3.83. The van der Waals surface area contributed by atoms with E-state index in [1.165, 1.54) is 12.1 Å². The van der Waals surface area contributed by atoms with Gasteiger partial charge < -0.3 is 10.3 Å². The molecule has 0 unspecified atom stereocenters. The van der Waals surface area contributed by atoms with E-state index in [-0.39, 0.29) is 5.69 Å². The molecule has 6 nitrogen and oxygen atoms in total. The Kier molecular flexibility index (Phi) is 4.58. The van der Waals surface area contributed by atoms with Gasteiger partial charge in [0.05, 0.1) is 10.5 Å². The molecule has 1 aromatic heterocycles. The molecule has 0 bridgehead atoms. The largest absolute Gasteiger partial charge is 0.366 e. The minimum Gasteiger partial charge on any atom is -0.366 e. The maximum Gasteiger partial charge on any atom is 0.269 e. The Morgan fingerprint density at radius 2 is 1.65 bits per heavy atom. The molecule has 3 aromatic rings. The van der Waals surface area contributed by atoms with Crippen LogP contribution in [0.4, 0.5) is 5.69 Å². The molecule has 0 aliphatic carbocycles. The minimum atomic E-state index is -0.509. The highest BCUT2D eigenvalue weighted by Crippen LogP contribution is 2.33. The predicted molar refractivity (Wildman–Crippen MR) is 100 cm³/mol. The highest BCUT2D eigenvalue weighted by atomic mass is 16.6. The molecule has 0 aliphatic heterocycles. The van der Waals surface area contributed by atoms with Crippen LogP contribution in [0.2, 0.25) is 0 Å². The molecule has 0 aliphatic rings. The third kappa shape index (κ3) is 3.09. The molecule has 0 saturated carbocycles. The van der Waals surface area contributed by atoms with Crippen molar-refractivity contribution < 1.29 is 9.72 Å². The summed E-state index contributed by atoms with van der Waals surface area (Å²) >= 11 is 0. The third-order valence-electron chi connectivity index (χ3n) is 4.58. The van der Waals surface area contributed by atoms with Gasteiger partial charge in [0.1, 0.15) is 0 Å². The summed E-state index contributed by atoms with van der Waals surface area (Å²) in [5, 5.41) is 10.9. The van der Waals surface area contributed by atoms with Crippen LogP contribution in [-0.2, 0) is 6.54 Å². The number of nitrogens with zero attached hydrogens (tertiary/aromatic N) is 2. The zero-order valence-electron chi connectivity index (χ0n) is 14.6. The number of nitro groups is 1. The van der Waals surface area contributed by atoms with Crippen molar-refractivity contribution in [3.63, 3.8) is 0 Å². The van der Waals surface area contributed by atoms with Gasteiger partial charge in [-0.3, -0.25) is 14.9 Å². The van der Waals surface area contributed by atoms with Crippen LogP contribution in [0.5, 0.6) is 0 Å². The summed E-state index contributed by atoms with van der Waals surface area (Å²) < 4.78 is 2.05. The van der Waals surface area contributed by atoms with Crippen LogP contribution in [0, 0.1) is 24.0 Å². The summed E-state index contributed by atoms with van der Waals surface area (Å²) in [6, 6.07) is 16.1. The second-order valence-corrected chi connectivity index (χ2v) is 6.16. The fourth-order valence-electron chi connectivity index (χ4n) is 3.29. The molecule has 0 atom stereocenters. The van der Waals surface area contributed by atoms with Crippen LogP contribution in [0.3, 0.4) is 0 Å². The number of carbonyl (C=O) groups is 1. The summed E-state index contributed by atoms with van der Waals surface area (Å²) in [4.78, 5) is 22.5. The first-order valence-corrected chi connectivity index (χ1v) is 8.18. The van der Waals surface area contributed by atoms with Crippen molar-refractivity contribution in [2.75, 3.05) is 0 Å². The van der Waals surface area contributed by atoms with Crippen molar-refractivity contribution in [3.8, 4) is 11.1 Å². The number of carbonyl (C=O) groups excluding carboxylic acids is 1. The Labute approximate surface area is 151 Å². The number of nitro benzene ring substituents is 1. The number of hydrogen-bond donors (Lipinski definition) is 1. The van der Waals surface area contributed by atoms with Crippen molar-refractivity contribution in [3.05, 3.63) is 87.2 Å². The van der Waals surface area contributed by atoms with E-state index in [1.54, 1.807) is 12.1 Å². The summed E-state index contributed by atoms with van der Waals surface area (Å²) in [5.41, 5.74) is 10.4. The first-order chi connectivity index (χ1) is 12.4. The van der Waals surface area contributed by atoms with E-state index >= 15 is 0 Å². The summed E-state index contributed by atoms with van der Waals surface area (Å²) in [5.74, 6) is -0.509. The molecule has 0 fully saturated rings. The van der Waals surface area contributed by atoms with Crippen molar-refractivity contribution >= 4 is 11.6 Å². The fourth-order valence-corrected chi connectivity index (χ4v) is 3.29. The highest BCUT2D eigenvalue weighted by Gasteiger charge is 2.23. The quantitative estimate of drug-likeness (QED) is 0.560. The minimum absolute atomic E-state index is 0.00692. The van der Waals surface area contributed by atoms with Gasteiger partial charge in [0, 0.05) is 35.6 Å². The van der Waals surface area contributed by atoms with E-state index in [4.69, 9.17) is 5.73 Å². The number of benzene rings is 2. The van der Waals surface area contributed by atoms with Crippen LogP contribution >= 0.6 is 0 Å². The molecule has 0 radical (unpaired) electrons. The van der Waals surface area contributed by atoms with Crippen molar-refractivity contribution in [1.82, 2.24) is 4.57 Å². The summed E-state index contributed by atoms with van der Waals surface area (Å²) in [6.45, 7) is 4.41. The molecule has 26 heavy (non-hydrogen) atoms. The van der Waals surface area contributed by atoms with Crippen molar-refractivity contribution in [2.24, 2.45) is 5.73 Å². The second-order valence-electron chi connectivity index (χ2n) is 6.16. The zero-order chi connectivity index (χ0) is 18.8. The third-order valence-corrected chi connectivity index (χ3v) is 4.58. The van der Waals surface area contributed by atoms with Gasteiger partial charge in [0.15, 0.2) is 0 Å². The molecule has 2 aromatic carbocycles.